The van der Waals surface area contributed by atoms with Crippen molar-refractivity contribution in [1.29, 1.82) is 0 Å². The van der Waals surface area contributed by atoms with Crippen LogP contribution in [-0.2, 0) is 10.0 Å². The maximum atomic E-state index is 11.2. The van der Waals surface area contributed by atoms with E-state index in [-0.39, 0.29) is 6.04 Å². The molecule has 0 saturated carbocycles. The Morgan fingerprint density at radius 3 is 2.75 bits per heavy atom. The van der Waals surface area contributed by atoms with E-state index >= 15 is 0 Å². The highest BCUT2D eigenvalue weighted by atomic mass is 32.2. The van der Waals surface area contributed by atoms with Crippen molar-refractivity contribution in [3.8, 4) is 0 Å². The SMILES string of the molecule is CC(=Cc1ccco1)CN1CCC(NS(C)(=O)=O)CC1. The maximum Gasteiger partial charge on any atom is 0.208 e. The summed E-state index contributed by atoms with van der Waals surface area (Å²) in [5.74, 6) is 0.871. The Hall–Kier alpha value is -1.11. The molecule has 112 valence electrons. The second-order valence-corrected chi connectivity index (χ2v) is 7.23. The van der Waals surface area contributed by atoms with Crippen LogP contribution in [-0.4, -0.2) is 45.2 Å². The van der Waals surface area contributed by atoms with E-state index in [4.69, 9.17) is 4.42 Å². The van der Waals surface area contributed by atoms with E-state index in [9.17, 15) is 8.42 Å². The second kappa shape index (κ2) is 6.56. The van der Waals surface area contributed by atoms with Crippen molar-refractivity contribution in [2.75, 3.05) is 25.9 Å². The van der Waals surface area contributed by atoms with Crippen LogP contribution >= 0.6 is 0 Å². The lowest BCUT2D eigenvalue weighted by Gasteiger charge is -2.32. The lowest BCUT2D eigenvalue weighted by atomic mass is 10.1. The standard InChI is InChI=1S/C14H22N2O3S/c1-12(10-14-4-3-9-19-14)11-16-7-5-13(6-8-16)15-20(2,17)18/h3-4,9-10,13,15H,5-8,11H2,1-2H3. The molecule has 1 N–H and O–H groups in total. The van der Waals surface area contributed by atoms with Crippen LogP contribution in [0.2, 0.25) is 0 Å². The van der Waals surface area contributed by atoms with Crippen molar-refractivity contribution in [3.63, 3.8) is 0 Å². The molecule has 1 aromatic rings. The summed E-state index contributed by atoms with van der Waals surface area (Å²) in [6, 6.07) is 3.89. The Bertz CT molecular complexity index is 541. The molecule has 0 spiro atoms. The van der Waals surface area contributed by atoms with Gasteiger partial charge in [0.1, 0.15) is 5.76 Å². The summed E-state index contributed by atoms with van der Waals surface area (Å²) in [4.78, 5) is 2.34. The third-order valence-corrected chi connectivity index (χ3v) is 4.13. The molecule has 0 unspecified atom stereocenters. The fourth-order valence-corrected chi connectivity index (χ4v) is 3.37. The molecule has 1 aromatic heterocycles. The highest BCUT2D eigenvalue weighted by Gasteiger charge is 2.21. The fraction of sp³-hybridized carbons (Fsp3) is 0.571. The van der Waals surface area contributed by atoms with Crippen molar-refractivity contribution >= 4 is 16.1 Å². The lowest BCUT2D eigenvalue weighted by molar-refractivity contribution is 0.223. The number of nitrogens with zero attached hydrogens (tertiary/aromatic N) is 1. The molecule has 0 radical (unpaired) electrons. The van der Waals surface area contributed by atoms with E-state index in [0.29, 0.717) is 0 Å². The van der Waals surface area contributed by atoms with Gasteiger partial charge in [0.2, 0.25) is 10.0 Å². The number of hydrogen-bond donors (Lipinski definition) is 1. The average Bonchev–Trinajstić information content (AvgIpc) is 2.82. The zero-order chi connectivity index (χ0) is 14.6. The summed E-state index contributed by atoms with van der Waals surface area (Å²) in [6.45, 7) is 4.81. The molecule has 1 fully saturated rings. The monoisotopic (exact) mass is 298 g/mol. The fourth-order valence-electron chi connectivity index (χ4n) is 2.53. The van der Waals surface area contributed by atoms with Gasteiger partial charge in [0.15, 0.2) is 0 Å². The van der Waals surface area contributed by atoms with Gasteiger partial charge in [-0.1, -0.05) is 5.57 Å². The van der Waals surface area contributed by atoms with Gasteiger partial charge in [-0.2, -0.15) is 0 Å². The van der Waals surface area contributed by atoms with E-state index in [0.717, 1.165) is 38.2 Å². The molecule has 0 atom stereocenters. The normalized spacial score (nSPS) is 19.4. The topological polar surface area (TPSA) is 62.6 Å². The summed E-state index contributed by atoms with van der Waals surface area (Å²) in [7, 11) is -3.09. The smallest absolute Gasteiger partial charge is 0.208 e. The van der Waals surface area contributed by atoms with Crippen LogP contribution in [0.5, 0.6) is 0 Å². The Morgan fingerprint density at radius 1 is 1.50 bits per heavy atom. The average molecular weight is 298 g/mol. The largest absolute Gasteiger partial charge is 0.465 e. The first kappa shape index (κ1) is 15.3. The molecule has 0 bridgehead atoms. The van der Waals surface area contributed by atoms with E-state index in [2.05, 4.69) is 16.5 Å². The third kappa shape index (κ3) is 5.11. The van der Waals surface area contributed by atoms with E-state index in [1.54, 1.807) is 6.26 Å². The minimum Gasteiger partial charge on any atom is -0.465 e. The van der Waals surface area contributed by atoms with Gasteiger partial charge in [0.05, 0.1) is 12.5 Å². The first-order chi connectivity index (χ1) is 9.42. The predicted molar refractivity (Wildman–Crippen MR) is 79.8 cm³/mol. The number of likely N-dealkylation sites (tertiary alicyclic amines) is 1. The molecule has 20 heavy (non-hydrogen) atoms. The van der Waals surface area contributed by atoms with Gasteiger partial charge in [-0.05, 0) is 51.1 Å². The summed E-state index contributed by atoms with van der Waals surface area (Å²) in [5, 5.41) is 0. The van der Waals surface area contributed by atoms with Crippen LogP contribution in [0.15, 0.2) is 28.4 Å². The first-order valence-corrected chi connectivity index (χ1v) is 8.72. The van der Waals surface area contributed by atoms with Gasteiger partial charge in [0.25, 0.3) is 0 Å². The molecule has 0 aromatic carbocycles. The number of rotatable bonds is 5. The quantitative estimate of drug-likeness (QED) is 0.898. The van der Waals surface area contributed by atoms with Gasteiger partial charge in [-0.25, -0.2) is 13.1 Å². The van der Waals surface area contributed by atoms with E-state index in [1.165, 1.54) is 11.8 Å². The Balaban J connectivity index is 1.80. The number of sulfonamides is 1. The van der Waals surface area contributed by atoms with Gasteiger partial charge < -0.3 is 4.42 Å². The molecule has 6 heteroatoms. The van der Waals surface area contributed by atoms with Crippen LogP contribution in [0.25, 0.3) is 6.08 Å². The molecule has 0 aliphatic carbocycles. The lowest BCUT2D eigenvalue weighted by Crippen LogP contribution is -2.44. The highest BCUT2D eigenvalue weighted by Crippen LogP contribution is 2.14. The van der Waals surface area contributed by atoms with Crippen molar-refractivity contribution in [2.45, 2.75) is 25.8 Å². The zero-order valence-corrected chi connectivity index (χ0v) is 12.8. The minimum absolute atomic E-state index is 0.0793. The van der Waals surface area contributed by atoms with Crippen LogP contribution in [0.3, 0.4) is 0 Å². The number of hydrogen-bond acceptors (Lipinski definition) is 4. The third-order valence-electron chi connectivity index (χ3n) is 3.37. The summed E-state index contributed by atoms with van der Waals surface area (Å²) in [5.41, 5.74) is 1.24. The Morgan fingerprint density at radius 2 is 2.20 bits per heavy atom. The molecular formula is C14H22N2O3S. The Kier molecular flexibility index (Phi) is 5.01. The zero-order valence-electron chi connectivity index (χ0n) is 12.0. The summed E-state index contributed by atoms with van der Waals surface area (Å²) in [6.07, 6.45) is 6.65. The highest BCUT2D eigenvalue weighted by molar-refractivity contribution is 7.88. The molecule has 2 heterocycles. The molecule has 1 saturated heterocycles. The van der Waals surface area contributed by atoms with Crippen LogP contribution in [0.1, 0.15) is 25.5 Å². The number of piperidine rings is 1. The van der Waals surface area contributed by atoms with E-state index < -0.39 is 10.0 Å². The second-order valence-electron chi connectivity index (χ2n) is 5.45. The Labute approximate surface area is 120 Å². The van der Waals surface area contributed by atoms with Gasteiger partial charge in [-0.3, -0.25) is 4.90 Å². The molecule has 0 amide bonds. The first-order valence-electron chi connectivity index (χ1n) is 6.83. The number of furan rings is 1. The van der Waals surface area contributed by atoms with Crippen molar-refractivity contribution in [1.82, 2.24) is 9.62 Å². The van der Waals surface area contributed by atoms with Gasteiger partial charge in [0, 0.05) is 12.6 Å². The van der Waals surface area contributed by atoms with Crippen LogP contribution < -0.4 is 4.72 Å². The predicted octanol–water partition coefficient (Wildman–Crippen LogP) is 1.70. The van der Waals surface area contributed by atoms with Crippen molar-refractivity contribution in [3.05, 3.63) is 29.7 Å². The summed E-state index contributed by atoms with van der Waals surface area (Å²) < 4.78 is 30.4. The van der Waals surface area contributed by atoms with Crippen LogP contribution in [0, 0.1) is 0 Å². The summed E-state index contributed by atoms with van der Waals surface area (Å²) >= 11 is 0. The molecule has 1 aliphatic heterocycles. The molecule has 1 aliphatic rings. The molecular weight excluding hydrogens is 276 g/mol. The van der Waals surface area contributed by atoms with Gasteiger partial charge >= 0.3 is 0 Å². The van der Waals surface area contributed by atoms with E-state index in [1.807, 2.05) is 18.2 Å². The minimum atomic E-state index is -3.09. The van der Waals surface area contributed by atoms with Crippen LogP contribution in [0.4, 0.5) is 0 Å². The van der Waals surface area contributed by atoms with Crippen molar-refractivity contribution in [2.24, 2.45) is 0 Å². The maximum absolute atomic E-state index is 11.2. The number of nitrogens with one attached hydrogen (secondary N) is 1. The molecule has 5 nitrogen and oxygen atoms in total. The molecule has 2 rings (SSSR count). The van der Waals surface area contributed by atoms with Gasteiger partial charge in [-0.15, -0.1) is 0 Å². The van der Waals surface area contributed by atoms with Crippen molar-refractivity contribution < 1.29 is 12.8 Å².